The molecule has 1 aliphatic heterocycles. The molecule has 0 amide bonds. The lowest BCUT2D eigenvalue weighted by atomic mass is 9.99. The van der Waals surface area contributed by atoms with Gasteiger partial charge in [0.05, 0.1) is 5.69 Å². The Bertz CT molecular complexity index is 628. The number of hydrogen-bond donors (Lipinski definition) is 0. The lowest BCUT2D eigenvalue weighted by Crippen LogP contribution is -2.32. The molecule has 1 aromatic heterocycles. The lowest BCUT2D eigenvalue weighted by Gasteiger charge is -2.32. The zero-order valence-corrected chi connectivity index (χ0v) is 13.8. The van der Waals surface area contributed by atoms with Gasteiger partial charge in [-0.2, -0.15) is 0 Å². The normalized spacial score (nSPS) is 17.4. The van der Waals surface area contributed by atoms with Crippen molar-refractivity contribution >= 4 is 0 Å². The third kappa shape index (κ3) is 3.05. The van der Waals surface area contributed by atoms with Gasteiger partial charge in [0, 0.05) is 17.3 Å². The summed E-state index contributed by atoms with van der Waals surface area (Å²) in [5.74, 6) is 0. The van der Waals surface area contributed by atoms with Gasteiger partial charge in [0.1, 0.15) is 6.33 Å². The maximum atomic E-state index is 4.45. The van der Waals surface area contributed by atoms with Crippen LogP contribution in [0, 0.1) is 13.8 Å². The molecule has 0 aliphatic carbocycles. The third-order valence-electron chi connectivity index (χ3n) is 4.94. The molecular formula is C19H25N3. The smallest absolute Gasteiger partial charge is 0.116 e. The highest BCUT2D eigenvalue weighted by atomic mass is 15.2. The van der Waals surface area contributed by atoms with E-state index in [1.165, 1.54) is 49.0 Å². The van der Waals surface area contributed by atoms with Gasteiger partial charge in [0.15, 0.2) is 0 Å². The zero-order valence-electron chi connectivity index (χ0n) is 13.8. The van der Waals surface area contributed by atoms with E-state index in [0.717, 1.165) is 11.4 Å². The van der Waals surface area contributed by atoms with Gasteiger partial charge in [-0.05, 0) is 57.8 Å². The zero-order chi connectivity index (χ0) is 15.5. The largest absolute Gasteiger partial charge is 0.297 e. The fourth-order valence-electron chi connectivity index (χ4n) is 3.27. The van der Waals surface area contributed by atoms with E-state index < -0.39 is 0 Å². The monoisotopic (exact) mass is 295 g/mol. The number of benzene rings is 1. The molecule has 3 nitrogen and oxygen atoms in total. The number of likely N-dealkylation sites (tertiary alicyclic amines) is 1. The van der Waals surface area contributed by atoms with E-state index in [-0.39, 0.29) is 0 Å². The van der Waals surface area contributed by atoms with Gasteiger partial charge in [-0.3, -0.25) is 4.90 Å². The summed E-state index contributed by atoms with van der Waals surface area (Å²) in [5, 5.41) is 0. The van der Waals surface area contributed by atoms with Crippen LogP contribution >= 0.6 is 0 Å². The van der Waals surface area contributed by atoms with Crippen LogP contribution in [0.25, 0.3) is 11.3 Å². The summed E-state index contributed by atoms with van der Waals surface area (Å²) in [6.45, 7) is 8.91. The predicted molar refractivity (Wildman–Crippen MR) is 90.8 cm³/mol. The van der Waals surface area contributed by atoms with Crippen molar-refractivity contribution in [3.05, 3.63) is 47.4 Å². The Labute approximate surface area is 133 Å². The molecule has 0 radical (unpaired) electrons. The van der Waals surface area contributed by atoms with Crippen molar-refractivity contribution in [2.24, 2.45) is 0 Å². The molecule has 3 heteroatoms. The fourth-order valence-corrected chi connectivity index (χ4v) is 3.27. The molecule has 3 rings (SSSR count). The molecule has 0 saturated carbocycles. The molecule has 2 heterocycles. The molecule has 2 aromatic rings. The molecule has 1 saturated heterocycles. The van der Waals surface area contributed by atoms with Gasteiger partial charge in [0.25, 0.3) is 0 Å². The topological polar surface area (TPSA) is 29.0 Å². The lowest BCUT2D eigenvalue weighted by molar-refractivity contribution is 0.175. The van der Waals surface area contributed by atoms with Crippen molar-refractivity contribution in [3.8, 4) is 11.3 Å². The van der Waals surface area contributed by atoms with E-state index in [1.807, 2.05) is 6.92 Å². The van der Waals surface area contributed by atoms with Crippen LogP contribution in [-0.4, -0.2) is 28.0 Å². The minimum Gasteiger partial charge on any atom is -0.297 e. The molecule has 116 valence electrons. The van der Waals surface area contributed by atoms with Crippen molar-refractivity contribution in [2.45, 2.75) is 46.1 Å². The number of nitrogens with zero attached hydrogens (tertiary/aromatic N) is 3. The van der Waals surface area contributed by atoms with Crippen LogP contribution in [0.1, 0.15) is 49.0 Å². The van der Waals surface area contributed by atoms with E-state index >= 15 is 0 Å². The Morgan fingerprint density at radius 2 is 1.64 bits per heavy atom. The minimum atomic E-state index is 0.502. The molecule has 1 fully saturated rings. The van der Waals surface area contributed by atoms with Crippen LogP contribution in [0.5, 0.6) is 0 Å². The number of piperidine rings is 1. The summed E-state index contributed by atoms with van der Waals surface area (Å²) >= 11 is 0. The summed E-state index contributed by atoms with van der Waals surface area (Å²) in [5.41, 5.74) is 5.84. The van der Waals surface area contributed by atoms with Crippen LogP contribution in [0.4, 0.5) is 0 Å². The van der Waals surface area contributed by atoms with Crippen molar-refractivity contribution in [1.29, 1.82) is 0 Å². The minimum absolute atomic E-state index is 0.502. The van der Waals surface area contributed by atoms with Crippen LogP contribution in [0.3, 0.4) is 0 Å². The SMILES string of the molecule is Cc1ncnc(-c2ccc(C(C)N3CCCCC3)cc2)c1C. The molecule has 22 heavy (non-hydrogen) atoms. The molecule has 0 N–H and O–H groups in total. The van der Waals surface area contributed by atoms with E-state index in [1.54, 1.807) is 6.33 Å². The van der Waals surface area contributed by atoms with Crippen molar-refractivity contribution in [2.75, 3.05) is 13.1 Å². The Balaban J connectivity index is 1.81. The maximum Gasteiger partial charge on any atom is 0.116 e. The van der Waals surface area contributed by atoms with Crippen molar-refractivity contribution < 1.29 is 0 Å². The average Bonchev–Trinajstić information content (AvgIpc) is 2.58. The number of hydrogen-bond acceptors (Lipinski definition) is 3. The first-order valence-corrected chi connectivity index (χ1v) is 8.29. The maximum absolute atomic E-state index is 4.45. The van der Waals surface area contributed by atoms with Crippen LogP contribution in [0.15, 0.2) is 30.6 Å². The molecule has 1 atom stereocenters. The van der Waals surface area contributed by atoms with Gasteiger partial charge in [-0.25, -0.2) is 9.97 Å². The summed E-state index contributed by atoms with van der Waals surface area (Å²) < 4.78 is 0. The van der Waals surface area contributed by atoms with Crippen LogP contribution in [-0.2, 0) is 0 Å². The van der Waals surface area contributed by atoms with E-state index in [0.29, 0.717) is 6.04 Å². The number of aromatic nitrogens is 2. The van der Waals surface area contributed by atoms with Crippen molar-refractivity contribution in [1.82, 2.24) is 14.9 Å². The van der Waals surface area contributed by atoms with Crippen LogP contribution in [0.2, 0.25) is 0 Å². The Morgan fingerprint density at radius 3 is 2.32 bits per heavy atom. The molecule has 1 aromatic carbocycles. The van der Waals surface area contributed by atoms with Gasteiger partial charge < -0.3 is 0 Å². The summed E-state index contributed by atoms with van der Waals surface area (Å²) in [6.07, 6.45) is 5.71. The first kappa shape index (κ1) is 15.2. The first-order valence-electron chi connectivity index (χ1n) is 8.29. The third-order valence-corrected chi connectivity index (χ3v) is 4.94. The first-order chi connectivity index (χ1) is 10.7. The van der Waals surface area contributed by atoms with E-state index in [2.05, 4.69) is 53.0 Å². The van der Waals surface area contributed by atoms with E-state index in [9.17, 15) is 0 Å². The summed E-state index contributed by atoms with van der Waals surface area (Å²) in [4.78, 5) is 11.3. The Morgan fingerprint density at radius 1 is 0.955 bits per heavy atom. The van der Waals surface area contributed by atoms with Gasteiger partial charge >= 0.3 is 0 Å². The van der Waals surface area contributed by atoms with Crippen molar-refractivity contribution in [3.63, 3.8) is 0 Å². The number of rotatable bonds is 3. The Hall–Kier alpha value is -1.74. The fraction of sp³-hybridized carbons (Fsp3) is 0.474. The molecule has 1 aliphatic rings. The highest BCUT2D eigenvalue weighted by Gasteiger charge is 2.18. The summed E-state index contributed by atoms with van der Waals surface area (Å²) in [6, 6.07) is 9.41. The van der Waals surface area contributed by atoms with Gasteiger partial charge in [-0.15, -0.1) is 0 Å². The summed E-state index contributed by atoms with van der Waals surface area (Å²) in [7, 11) is 0. The second-order valence-corrected chi connectivity index (χ2v) is 6.33. The molecular weight excluding hydrogens is 270 g/mol. The Kier molecular flexibility index (Phi) is 4.53. The standard InChI is InChI=1S/C19H25N3/c1-14-15(2)20-13-21-19(14)18-9-7-17(8-10-18)16(3)22-11-5-4-6-12-22/h7-10,13,16H,4-6,11-12H2,1-3H3. The highest BCUT2D eigenvalue weighted by Crippen LogP contribution is 2.27. The quantitative estimate of drug-likeness (QED) is 0.845. The van der Waals surface area contributed by atoms with Gasteiger partial charge in [-0.1, -0.05) is 30.7 Å². The predicted octanol–water partition coefficient (Wildman–Crippen LogP) is 4.31. The number of aryl methyl sites for hydroxylation is 1. The second kappa shape index (κ2) is 6.57. The second-order valence-electron chi connectivity index (χ2n) is 6.33. The molecule has 0 spiro atoms. The molecule has 1 unspecified atom stereocenters. The highest BCUT2D eigenvalue weighted by molar-refractivity contribution is 5.63. The van der Waals surface area contributed by atoms with Gasteiger partial charge in [0.2, 0.25) is 0 Å². The van der Waals surface area contributed by atoms with E-state index in [4.69, 9.17) is 0 Å². The molecule has 0 bridgehead atoms. The average molecular weight is 295 g/mol. The van der Waals surface area contributed by atoms with Crippen LogP contribution < -0.4 is 0 Å².